The lowest BCUT2D eigenvalue weighted by atomic mass is 9.88. The van der Waals surface area contributed by atoms with E-state index < -0.39 is 10.0 Å². The van der Waals surface area contributed by atoms with Crippen LogP contribution in [0, 0.1) is 5.92 Å². The fourth-order valence-corrected chi connectivity index (χ4v) is 5.66. The second-order valence-electron chi connectivity index (χ2n) is 6.91. The standard InChI is InChI=1S/C19H25N3O3S2/c1-3-7-14-10-11-16-17(12-14)26-19(20-16)21-18(23)13-22(2)27(24,25)15-8-5-4-6-9-15/h4-6,8-9,14H,3,7,10-13H2,1-2H3,(H,20,21,23). The molecule has 1 aromatic heterocycles. The number of benzene rings is 1. The Bertz CT molecular complexity index is 894. The highest BCUT2D eigenvalue weighted by molar-refractivity contribution is 7.89. The van der Waals surface area contributed by atoms with Crippen molar-refractivity contribution in [2.24, 2.45) is 5.92 Å². The number of hydrogen-bond acceptors (Lipinski definition) is 5. The van der Waals surface area contributed by atoms with Crippen LogP contribution in [0.15, 0.2) is 35.2 Å². The summed E-state index contributed by atoms with van der Waals surface area (Å²) in [7, 11) is -2.28. The zero-order valence-corrected chi connectivity index (χ0v) is 17.3. The van der Waals surface area contributed by atoms with Gasteiger partial charge in [-0.05, 0) is 37.3 Å². The average Bonchev–Trinajstić information content (AvgIpc) is 3.03. The molecular weight excluding hydrogens is 382 g/mol. The third-order valence-electron chi connectivity index (χ3n) is 4.80. The number of aryl methyl sites for hydroxylation is 1. The molecule has 0 bridgehead atoms. The lowest BCUT2D eigenvalue weighted by Crippen LogP contribution is -2.34. The molecule has 1 aromatic carbocycles. The number of nitrogens with zero attached hydrogens (tertiary/aromatic N) is 2. The Morgan fingerprint density at radius 3 is 2.78 bits per heavy atom. The molecule has 0 saturated heterocycles. The van der Waals surface area contributed by atoms with Gasteiger partial charge in [0.05, 0.1) is 17.1 Å². The molecular formula is C19H25N3O3S2. The van der Waals surface area contributed by atoms with Crippen LogP contribution in [0.1, 0.15) is 36.8 Å². The molecule has 8 heteroatoms. The van der Waals surface area contributed by atoms with Crippen LogP contribution in [0.3, 0.4) is 0 Å². The molecule has 0 spiro atoms. The highest BCUT2D eigenvalue weighted by atomic mass is 32.2. The van der Waals surface area contributed by atoms with Crippen molar-refractivity contribution in [3.05, 3.63) is 40.9 Å². The monoisotopic (exact) mass is 407 g/mol. The van der Waals surface area contributed by atoms with Crippen molar-refractivity contribution in [2.75, 3.05) is 18.9 Å². The topological polar surface area (TPSA) is 79.4 Å². The molecule has 1 unspecified atom stereocenters. The van der Waals surface area contributed by atoms with Gasteiger partial charge in [-0.15, -0.1) is 11.3 Å². The number of hydrogen-bond donors (Lipinski definition) is 1. The lowest BCUT2D eigenvalue weighted by molar-refractivity contribution is -0.116. The number of thiazole rings is 1. The van der Waals surface area contributed by atoms with Crippen LogP contribution in [-0.4, -0.2) is 37.2 Å². The Balaban J connectivity index is 1.62. The Kier molecular flexibility index (Phi) is 6.29. The van der Waals surface area contributed by atoms with Crippen molar-refractivity contribution in [2.45, 2.75) is 43.9 Å². The first-order chi connectivity index (χ1) is 12.9. The minimum absolute atomic E-state index is 0.173. The van der Waals surface area contributed by atoms with E-state index in [0.29, 0.717) is 11.0 Å². The molecule has 1 amide bonds. The van der Waals surface area contributed by atoms with E-state index in [2.05, 4.69) is 17.2 Å². The van der Waals surface area contributed by atoms with Crippen LogP contribution < -0.4 is 5.32 Å². The van der Waals surface area contributed by atoms with Crippen LogP contribution in [0.25, 0.3) is 0 Å². The number of sulfonamides is 1. The van der Waals surface area contributed by atoms with Crippen molar-refractivity contribution >= 4 is 32.4 Å². The first-order valence-electron chi connectivity index (χ1n) is 9.20. The molecule has 1 heterocycles. The minimum Gasteiger partial charge on any atom is -0.301 e. The van der Waals surface area contributed by atoms with Crippen molar-refractivity contribution in [1.29, 1.82) is 0 Å². The van der Waals surface area contributed by atoms with Gasteiger partial charge in [0.2, 0.25) is 15.9 Å². The zero-order chi connectivity index (χ0) is 19.4. The molecule has 1 N–H and O–H groups in total. The van der Waals surface area contributed by atoms with Crippen molar-refractivity contribution in [3.63, 3.8) is 0 Å². The van der Waals surface area contributed by atoms with Crippen molar-refractivity contribution < 1.29 is 13.2 Å². The predicted molar refractivity (Wildman–Crippen MR) is 107 cm³/mol. The number of likely N-dealkylation sites (N-methyl/N-ethyl adjacent to an activating group) is 1. The summed E-state index contributed by atoms with van der Waals surface area (Å²) in [4.78, 5) is 18.3. The number of carbonyl (C=O) groups excluding carboxylic acids is 1. The fraction of sp³-hybridized carbons (Fsp3) is 0.474. The van der Waals surface area contributed by atoms with Gasteiger partial charge in [0.15, 0.2) is 5.13 Å². The maximum Gasteiger partial charge on any atom is 0.243 e. The van der Waals surface area contributed by atoms with E-state index in [9.17, 15) is 13.2 Å². The van der Waals surface area contributed by atoms with Crippen LogP contribution in [0.5, 0.6) is 0 Å². The third kappa shape index (κ3) is 4.75. The molecule has 0 fully saturated rings. The number of aromatic nitrogens is 1. The summed E-state index contributed by atoms with van der Waals surface area (Å²) in [5.74, 6) is 0.321. The number of nitrogens with one attached hydrogen (secondary N) is 1. The predicted octanol–water partition coefficient (Wildman–Crippen LogP) is 3.31. The van der Waals surface area contributed by atoms with Gasteiger partial charge in [0.25, 0.3) is 0 Å². The van der Waals surface area contributed by atoms with Crippen LogP contribution in [-0.2, 0) is 27.7 Å². The molecule has 27 heavy (non-hydrogen) atoms. The van der Waals surface area contributed by atoms with Gasteiger partial charge in [0, 0.05) is 11.9 Å². The number of amides is 1. The molecule has 1 atom stereocenters. The van der Waals surface area contributed by atoms with E-state index in [1.54, 1.807) is 18.2 Å². The van der Waals surface area contributed by atoms with Gasteiger partial charge in [0.1, 0.15) is 0 Å². The SMILES string of the molecule is CCCC1CCc2nc(NC(=O)CN(C)S(=O)(=O)c3ccccc3)sc2C1. The van der Waals surface area contributed by atoms with E-state index in [1.807, 2.05) is 0 Å². The van der Waals surface area contributed by atoms with E-state index in [-0.39, 0.29) is 17.3 Å². The largest absolute Gasteiger partial charge is 0.301 e. The van der Waals surface area contributed by atoms with Gasteiger partial charge in [-0.2, -0.15) is 4.31 Å². The first kappa shape index (κ1) is 20.0. The highest BCUT2D eigenvalue weighted by Gasteiger charge is 2.25. The first-order valence-corrected chi connectivity index (χ1v) is 11.5. The van der Waals surface area contributed by atoms with Crippen LogP contribution >= 0.6 is 11.3 Å². The van der Waals surface area contributed by atoms with Crippen LogP contribution in [0.2, 0.25) is 0 Å². The Labute approximate surface area is 164 Å². The number of fused-ring (bicyclic) bond motifs is 1. The average molecular weight is 408 g/mol. The number of anilines is 1. The molecule has 1 aliphatic carbocycles. The maximum atomic E-state index is 12.5. The zero-order valence-electron chi connectivity index (χ0n) is 15.6. The summed E-state index contributed by atoms with van der Waals surface area (Å²) >= 11 is 1.51. The van der Waals surface area contributed by atoms with Gasteiger partial charge in [-0.3, -0.25) is 4.79 Å². The quantitative estimate of drug-likeness (QED) is 0.764. The maximum absolute atomic E-state index is 12.5. The fourth-order valence-electron chi connectivity index (χ4n) is 3.37. The van der Waals surface area contributed by atoms with Crippen molar-refractivity contribution in [3.8, 4) is 0 Å². The normalized spacial score (nSPS) is 16.9. The highest BCUT2D eigenvalue weighted by Crippen LogP contribution is 2.34. The molecule has 0 saturated carbocycles. The number of carbonyl (C=O) groups is 1. The lowest BCUT2D eigenvalue weighted by Gasteiger charge is -2.19. The molecule has 146 valence electrons. The minimum atomic E-state index is -3.69. The molecule has 6 nitrogen and oxygen atoms in total. The van der Waals surface area contributed by atoms with E-state index in [1.165, 1.54) is 48.2 Å². The summed E-state index contributed by atoms with van der Waals surface area (Å²) in [5, 5.41) is 3.33. The molecule has 3 rings (SSSR count). The van der Waals surface area contributed by atoms with E-state index >= 15 is 0 Å². The summed E-state index contributed by atoms with van der Waals surface area (Å²) < 4.78 is 26.1. The van der Waals surface area contributed by atoms with E-state index in [4.69, 9.17) is 0 Å². The molecule has 1 aliphatic rings. The smallest absolute Gasteiger partial charge is 0.243 e. The Morgan fingerprint density at radius 2 is 2.07 bits per heavy atom. The second kappa shape index (κ2) is 8.50. The van der Waals surface area contributed by atoms with E-state index in [0.717, 1.165) is 29.3 Å². The molecule has 0 aliphatic heterocycles. The van der Waals surface area contributed by atoms with Gasteiger partial charge in [-0.25, -0.2) is 13.4 Å². The number of rotatable bonds is 7. The third-order valence-corrected chi connectivity index (χ3v) is 7.66. The molecule has 0 radical (unpaired) electrons. The van der Waals surface area contributed by atoms with Crippen molar-refractivity contribution in [1.82, 2.24) is 9.29 Å². The Morgan fingerprint density at radius 1 is 1.33 bits per heavy atom. The second-order valence-corrected chi connectivity index (χ2v) is 10.0. The Hall–Kier alpha value is -1.77. The van der Waals surface area contributed by atoms with Crippen LogP contribution in [0.4, 0.5) is 5.13 Å². The summed E-state index contributed by atoms with van der Waals surface area (Å²) in [6.45, 7) is 1.95. The van der Waals surface area contributed by atoms with Gasteiger partial charge < -0.3 is 5.32 Å². The summed E-state index contributed by atoms with van der Waals surface area (Å²) in [6.07, 6.45) is 5.54. The molecule has 2 aromatic rings. The summed E-state index contributed by atoms with van der Waals surface area (Å²) in [6, 6.07) is 8.11. The van der Waals surface area contributed by atoms with Gasteiger partial charge in [-0.1, -0.05) is 38.0 Å². The summed E-state index contributed by atoms with van der Waals surface area (Å²) in [5.41, 5.74) is 1.08. The van der Waals surface area contributed by atoms with Gasteiger partial charge >= 0.3 is 0 Å².